The molecule has 2 fully saturated rings. The number of hydrogen-bond donors (Lipinski definition) is 0. The van der Waals surface area contributed by atoms with Crippen LogP contribution >= 0.6 is 0 Å². The number of piperidine rings is 1. The van der Waals surface area contributed by atoms with E-state index in [1.165, 1.54) is 10.6 Å². The van der Waals surface area contributed by atoms with Gasteiger partial charge in [0.15, 0.2) is 0 Å². The van der Waals surface area contributed by atoms with Crippen LogP contribution in [-0.4, -0.2) is 67.1 Å². The van der Waals surface area contributed by atoms with Gasteiger partial charge in [0.1, 0.15) is 6.10 Å². The molecule has 3 heterocycles. The van der Waals surface area contributed by atoms with Gasteiger partial charge in [0.05, 0.1) is 24.6 Å². The van der Waals surface area contributed by atoms with Crippen molar-refractivity contribution in [1.29, 1.82) is 0 Å². The zero-order valence-corrected chi connectivity index (χ0v) is 14.8. The monoisotopic (exact) mass is 353 g/mol. The molecule has 0 saturated carbocycles. The van der Waals surface area contributed by atoms with Crippen molar-refractivity contribution in [3.8, 4) is 0 Å². The maximum absolute atomic E-state index is 12.6. The fraction of sp³-hybridized carbons (Fsp3) is 0.625. The molecule has 24 heavy (non-hydrogen) atoms. The number of aromatic nitrogens is 1. The topological polar surface area (TPSA) is 79.8 Å². The van der Waals surface area contributed by atoms with E-state index in [2.05, 4.69) is 4.98 Å². The minimum atomic E-state index is -3.21. The second-order valence-corrected chi connectivity index (χ2v) is 8.57. The Kier molecular flexibility index (Phi) is 4.89. The lowest BCUT2D eigenvalue weighted by atomic mass is 9.92. The fourth-order valence-corrected chi connectivity index (χ4v) is 4.28. The summed E-state index contributed by atoms with van der Waals surface area (Å²) in [5.41, 5.74) is 0.826. The maximum atomic E-state index is 12.6. The summed E-state index contributed by atoms with van der Waals surface area (Å²) in [6.07, 6.45) is 3.64. The van der Waals surface area contributed by atoms with E-state index >= 15 is 0 Å². The molecule has 3 rings (SSSR count). The predicted molar refractivity (Wildman–Crippen MR) is 88.5 cm³/mol. The lowest BCUT2D eigenvalue weighted by Gasteiger charge is -2.32. The molecule has 0 aliphatic carbocycles. The molecule has 0 aromatic carbocycles. The Labute approximate surface area is 142 Å². The molecule has 0 spiro atoms. The SMILES string of the molecule is CN(Cc1ccccn1)C(=O)[C@H]1C[C@@H]2CCN(S(C)(=O)=O)C[C@H]2O1. The number of rotatable bonds is 4. The zero-order chi connectivity index (χ0) is 17.3. The number of pyridine rings is 1. The van der Waals surface area contributed by atoms with E-state index in [0.717, 1.165) is 12.1 Å². The van der Waals surface area contributed by atoms with E-state index in [9.17, 15) is 13.2 Å². The fourth-order valence-electron chi connectivity index (χ4n) is 3.42. The van der Waals surface area contributed by atoms with Crippen molar-refractivity contribution in [3.05, 3.63) is 30.1 Å². The first-order valence-electron chi connectivity index (χ1n) is 8.10. The van der Waals surface area contributed by atoms with Gasteiger partial charge in [0.25, 0.3) is 5.91 Å². The quantitative estimate of drug-likeness (QED) is 0.787. The average Bonchev–Trinajstić information content (AvgIpc) is 2.97. The van der Waals surface area contributed by atoms with E-state index < -0.39 is 16.1 Å². The van der Waals surface area contributed by atoms with Crippen molar-refractivity contribution in [2.75, 3.05) is 26.4 Å². The van der Waals surface area contributed by atoms with Crippen LogP contribution in [0.5, 0.6) is 0 Å². The van der Waals surface area contributed by atoms with Gasteiger partial charge < -0.3 is 9.64 Å². The molecular weight excluding hydrogens is 330 g/mol. The minimum Gasteiger partial charge on any atom is -0.363 e. The van der Waals surface area contributed by atoms with Gasteiger partial charge in [-0.15, -0.1) is 0 Å². The van der Waals surface area contributed by atoms with Crippen molar-refractivity contribution in [2.24, 2.45) is 5.92 Å². The standard InChI is InChI=1S/C16H23N3O4S/c1-18(10-13-5-3-4-7-17-13)16(20)14-9-12-6-8-19(24(2,21)22)11-15(12)23-14/h3-5,7,12,14-15H,6,8-11H2,1-2H3/t12-,14+,15+/m0/s1. The largest absolute Gasteiger partial charge is 0.363 e. The third kappa shape index (κ3) is 3.76. The number of nitrogens with zero attached hydrogens (tertiary/aromatic N) is 3. The van der Waals surface area contributed by atoms with Crippen LogP contribution in [0.15, 0.2) is 24.4 Å². The highest BCUT2D eigenvalue weighted by Gasteiger charge is 2.44. The highest BCUT2D eigenvalue weighted by Crippen LogP contribution is 2.34. The molecule has 3 atom stereocenters. The van der Waals surface area contributed by atoms with Crippen molar-refractivity contribution in [3.63, 3.8) is 0 Å². The number of sulfonamides is 1. The van der Waals surface area contributed by atoms with Crippen LogP contribution in [0.1, 0.15) is 18.5 Å². The molecule has 132 valence electrons. The van der Waals surface area contributed by atoms with E-state index in [1.807, 2.05) is 18.2 Å². The van der Waals surface area contributed by atoms with Gasteiger partial charge in [-0.05, 0) is 30.9 Å². The normalized spacial score (nSPS) is 27.7. The first-order valence-corrected chi connectivity index (χ1v) is 9.95. The second kappa shape index (κ2) is 6.78. The summed E-state index contributed by atoms with van der Waals surface area (Å²) in [4.78, 5) is 18.5. The van der Waals surface area contributed by atoms with Gasteiger partial charge >= 0.3 is 0 Å². The summed E-state index contributed by atoms with van der Waals surface area (Å²) in [5.74, 6) is 0.182. The van der Waals surface area contributed by atoms with Crippen LogP contribution in [0.2, 0.25) is 0 Å². The third-order valence-corrected chi connectivity index (χ3v) is 6.03. The molecule has 2 saturated heterocycles. The summed E-state index contributed by atoms with van der Waals surface area (Å²) in [6, 6.07) is 5.60. The molecule has 0 N–H and O–H groups in total. The van der Waals surface area contributed by atoms with E-state index in [-0.39, 0.29) is 17.9 Å². The number of likely N-dealkylation sites (N-methyl/N-ethyl adjacent to an activating group) is 1. The first kappa shape index (κ1) is 17.3. The number of carbonyl (C=O) groups excluding carboxylic acids is 1. The van der Waals surface area contributed by atoms with Gasteiger partial charge in [-0.3, -0.25) is 9.78 Å². The molecule has 2 aliphatic rings. The average molecular weight is 353 g/mol. The van der Waals surface area contributed by atoms with Crippen LogP contribution in [0, 0.1) is 5.92 Å². The van der Waals surface area contributed by atoms with Gasteiger partial charge in [-0.25, -0.2) is 8.42 Å². The van der Waals surface area contributed by atoms with Crippen LogP contribution in [0.4, 0.5) is 0 Å². The van der Waals surface area contributed by atoms with Crippen molar-refractivity contribution in [2.45, 2.75) is 31.6 Å². The van der Waals surface area contributed by atoms with Crippen molar-refractivity contribution in [1.82, 2.24) is 14.2 Å². The number of fused-ring (bicyclic) bond motifs is 1. The van der Waals surface area contributed by atoms with Gasteiger partial charge in [0, 0.05) is 26.3 Å². The van der Waals surface area contributed by atoms with Gasteiger partial charge in [-0.1, -0.05) is 6.07 Å². The van der Waals surface area contributed by atoms with E-state index in [1.54, 1.807) is 18.1 Å². The maximum Gasteiger partial charge on any atom is 0.251 e. The second-order valence-electron chi connectivity index (χ2n) is 6.58. The Bertz CT molecular complexity index is 695. The van der Waals surface area contributed by atoms with E-state index in [0.29, 0.717) is 26.1 Å². The van der Waals surface area contributed by atoms with Crippen LogP contribution in [0.25, 0.3) is 0 Å². The molecule has 2 aliphatic heterocycles. The smallest absolute Gasteiger partial charge is 0.251 e. The summed E-state index contributed by atoms with van der Waals surface area (Å²) >= 11 is 0. The lowest BCUT2D eigenvalue weighted by Crippen LogP contribution is -2.45. The number of hydrogen-bond acceptors (Lipinski definition) is 5. The molecule has 8 heteroatoms. The Hall–Kier alpha value is -1.51. The Morgan fingerprint density at radius 1 is 1.46 bits per heavy atom. The Balaban J connectivity index is 1.60. The summed E-state index contributed by atoms with van der Waals surface area (Å²) in [7, 11) is -1.47. The minimum absolute atomic E-state index is 0.0686. The molecule has 0 unspecified atom stereocenters. The number of ether oxygens (including phenoxy) is 1. The highest BCUT2D eigenvalue weighted by atomic mass is 32.2. The molecule has 0 radical (unpaired) electrons. The van der Waals surface area contributed by atoms with Crippen LogP contribution in [-0.2, 0) is 26.1 Å². The van der Waals surface area contributed by atoms with Crippen molar-refractivity contribution >= 4 is 15.9 Å². The highest BCUT2D eigenvalue weighted by molar-refractivity contribution is 7.88. The third-order valence-electron chi connectivity index (χ3n) is 4.76. The Morgan fingerprint density at radius 2 is 2.25 bits per heavy atom. The summed E-state index contributed by atoms with van der Waals surface area (Å²) < 4.78 is 30.7. The summed E-state index contributed by atoms with van der Waals surface area (Å²) in [6.45, 7) is 1.29. The Morgan fingerprint density at radius 3 is 2.92 bits per heavy atom. The molecule has 1 amide bonds. The molecular formula is C16H23N3O4S. The van der Waals surface area contributed by atoms with Gasteiger partial charge in [-0.2, -0.15) is 4.31 Å². The predicted octanol–water partition coefficient (Wildman–Crippen LogP) is 0.479. The number of amides is 1. The van der Waals surface area contributed by atoms with Crippen LogP contribution < -0.4 is 0 Å². The van der Waals surface area contributed by atoms with Gasteiger partial charge in [0.2, 0.25) is 10.0 Å². The zero-order valence-electron chi connectivity index (χ0n) is 14.0. The molecule has 1 aromatic heterocycles. The summed E-state index contributed by atoms with van der Waals surface area (Å²) in [5, 5.41) is 0. The molecule has 7 nitrogen and oxygen atoms in total. The lowest BCUT2D eigenvalue weighted by molar-refractivity contribution is -0.142. The van der Waals surface area contributed by atoms with Crippen LogP contribution in [0.3, 0.4) is 0 Å². The molecule has 1 aromatic rings. The number of carbonyl (C=O) groups is 1. The first-order chi connectivity index (χ1) is 11.3. The van der Waals surface area contributed by atoms with Crippen molar-refractivity contribution < 1.29 is 17.9 Å². The molecule has 0 bridgehead atoms. The van der Waals surface area contributed by atoms with E-state index in [4.69, 9.17) is 4.74 Å².